The van der Waals surface area contributed by atoms with E-state index in [4.69, 9.17) is 5.84 Å². The van der Waals surface area contributed by atoms with Crippen LogP contribution in [0.15, 0.2) is 0 Å². The van der Waals surface area contributed by atoms with Crippen molar-refractivity contribution in [3.05, 3.63) is 5.69 Å². The molecule has 94 valence electrons. The van der Waals surface area contributed by atoms with Gasteiger partial charge >= 0.3 is 0 Å². The second-order valence-corrected chi connectivity index (χ2v) is 5.51. The molecule has 0 bridgehead atoms. The van der Waals surface area contributed by atoms with E-state index >= 15 is 0 Å². The van der Waals surface area contributed by atoms with Crippen molar-refractivity contribution in [2.75, 3.05) is 31.6 Å². The van der Waals surface area contributed by atoms with Crippen molar-refractivity contribution in [2.45, 2.75) is 25.4 Å². The fourth-order valence-corrected chi connectivity index (χ4v) is 3.32. The Bertz CT molecular complexity index is 381. The lowest BCUT2D eigenvalue weighted by Crippen LogP contribution is -2.49. The number of hydrogen-bond acceptors (Lipinski definition) is 7. The molecule has 2 aliphatic rings. The van der Waals surface area contributed by atoms with Crippen LogP contribution in [0.4, 0.5) is 5.00 Å². The van der Waals surface area contributed by atoms with E-state index in [1.807, 2.05) is 0 Å². The summed E-state index contributed by atoms with van der Waals surface area (Å²) in [6, 6.07) is 0.754. The second-order valence-electron chi connectivity index (χ2n) is 4.76. The summed E-state index contributed by atoms with van der Waals surface area (Å²) in [5.41, 5.74) is 3.64. The zero-order valence-electron chi connectivity index (χ0n) is 9.80. The van der Waals surface area contributed by atoms with Gasteiger partial charge in [-0.2, -0.15) is 0 Å². The van der Waals surface area contributed by atoms with Crippen LogP contribution < -0.4 is 11.3 Å². The Morgan fingerprint density at radius 1 is 1.41 bits per heavy atom. The minimum atomic E-state index is 0.754. The van der Waals surface area contributed by atoms with Gasteiger partial charge in [0, 0.05) is 43.8 Å². The van der Waals surface area contributed by atoms with Gasteiger partial charge in [0.05, 0.1) is 0 Å². The van der Waals surface area contributed by atoms with Crippen molar-refractivity contribution in [2.24, 2.45) is 5.84 Å². The SMILES string of the molecule is NNc1snnc1CN1CCN2CCCC2C1. The zero-order valence-corrected chi connectivity index (χ0v) is 10.6. The number of nitrogens with one attached hydrogen (secondary N) is 1. The van der Waals surface area contributed by atoms with Crippen molar-refractivity contribution in [1.29, 1.82) is 0 Å². The van der Waals surface area contributed by atoms with E-state index in [9.17, 15) is 0 Å². The number of aromatic nitrogens is 2. The van der Waals surface area contributed by atoms with Gasteiger partial charge in [0.2, 0.25) is 0 Å². The van der Waals surface area contributed by atoms with Gasteiger partial charge in [-0.1, -0.05) is 4.49 Å². The van der Waals surface area contributed by atoms with Gasteiger partial charge in [0.15, 0.2) is 0 Å². The van der Waals surface area contributed by atoms with Crippen LogP contribution >= 0.6 is 11.5 Å². The van der Waals surface area contributed by atoms with Crippen LogP contribution in [0.1, 0.15) is 18.5 Å². The highest BCUT2D eigenvalue weighted by Crippen LogP contribution is 2.24. The summed E-state index contributed by atoms with van der Waals surface area (Å²) in [4.78, 5) is 5.07. The van der Waals surface area contributed by atoms with E-state index in [1.54, 1.807) is 0 Å². The molecule has 3 N–H and O–H groups in total. The predicted octanol–water partition coefficient (Wildman–Crippen LogP) is 0.104. The largest absolute Gasteiger partial charge is 0.313 e. The molecule has 1 unspecified atom stereocenters. The fourth-order valence-electron chi connectivity index (χ4n) is 2.83. The van der Waals surface area contributed by atoms with Gasteiger partial charge in [-0.3, -0.25) is 9.80 Å². The summed E-state index contributed by atoms with van der Waals surface area (Å²) in [6.07, 6.45) is 2.69. The molecular weight excluding hydrogens is 236 g/mol. The summed E-state index contributed by atoms with van der Waals surface area (Å²) < 4.78 is 3.94. The molecule has 7 heteroatoms. The van der Waals surface area contributed by atoms with E-state index in [2.05, 4.69) is 24.8 Å². The molecule has 2 aliphatic heterocycles. The molecule has 0 spiro atoms. The normalized spacial score (nSPS) is 26.1. The van der Waals surface area contributed by atoms with Crippen molar-refractivity contribution in [3.8, 4) is 0 Å². The zero-order chi connectivity index (χ0) is 11.7. The first kappa shape index (κ1) is 11.3. The minimum Gasteiger partial charge on any atom is -0.313 e. The Labute approximate surface area is 105 Å². The summed E-state index contributed by atoms with van der Waals surface area (Å²) >= 11 is 1.32. The lowest BCUT2D eigenvalue weighted by Gasteiger charge is -2.37. The van der Waals surface area contributed by atoms with Crippen molar-refractivity contribution >= 4 is 16.5 Å². The molecule has 0 saturated carbocycles. The number of hydrazine groups is 1. The average molecular weight is 254 g/mol. The number of fused-ring (bicyclic) bond motifs is 1. The van der Waals surface area contributed by atoms with E-state index in [0.717, 1.165) is 36.4 Å². The highest BCUT2D eigenvalue weighted by molar-refractivity contribution is 7.10. The lowest BCUT2D eigenvalue weighted by molar-refractivity contribution is 0.0986. The van der Waals surface area contributed by atoms with Crippen LogP contribution in [-0.4, -0.2) is 51.6 Å². The number of nitrogens with two attached hydrogens (primary N) is 1. The van der Waals surface area contributed by atoms with E-state index < -0.39 is 0 Å². The predicted molar refractivity (Wildman–Crippen MR) is 67.6 cm³/mol. The van der Waals surface area contributed by atoms with Gasteiger partial charge in [0.1, 0.15) is 10.7 Å². The maximum Gasteiger partial charge on any atom is 0.148 e. The first-order valence-electron chi connectivity index (χ1n) is 6.11. The Morgan fingerprint density at radius 3 is 3.24 bits per heavy atom. The molecule has 2 saturated heterocycles. The van der Waals surface area contributed by atoms with Crippen LogP contribution in [0, 0.1) is 0 Å². The smallest absolute Gasteiger partial charge is 0.148 e. The average Bonchev–Trinajstić information content (AvgIpc) is 2.96. The third-order valence-electron chi connectivity index (χ3n) is 3.73. The van der Waals surface area contributed by atoms with E-state index in [1.165, 1.54) is 37.5 Å². The molecule has 6 nitrogen and oxygen atoms in total. The van der Waals surface area contributed by atoms with Crippen LogP contribution in [0.25, 0.3) is 0 Å². The number of rotatable bonds is 3. The van der Waals surface area contributed by atoms with Gasteiger partial charge in [-0.25, -0.2) is 5.84 Å². The lowest BCUT2D eigenvalue weighted by atomic mass is 10.1. The molecule has 0 aromatic carbocycles. The first-order chi connectivity index (χ1) is 8.36. The van der Waals surface area contributed by atoms with Crippen LogP contribution in [-0.2, 0) is 6.54 Å². The second kappa shape index (κ2) is 4.85. The Kier molecular flexibility index (Phi) is 3.24. The number of nitrogen functional groups attached to an aromatic ring is 1. The van der Waals surface area contributed by atoms with Gasteiger partial charge in [-0.05, 0) is 19.4 Å². The Balaban J connectivity index is 1.62. The molecule has 0 amide bonds. The molecular formula is C10H18N6S. The highest BCUT2D eigenvalue weighted by Gasteiger charge is 2.30. The topological polar surface area (TPSA) is 70.3 Å². The molecule has 1 aromatic heterocycles. The number of piperazine rings is 1. The molecule has 0 aliphatic carbocycles. The molecule has 17 heavy (non-hydrogen) atoms. The molecule has 1 atom stereocenters. The molecule has 2 fully saturated rings. The maximum absolute atomic E-state index is 5.44. The van der Waals surface area contributed by atoms with Gasteiger partial charge in [0.25, 0.3) is 0 Å². The number of anilines is 1. The third kappa shape index (κ3) is 2.28. The summed E-state index contributed by atoms with van der Waals surface area (Å²) in [7, 11) is 0. The van der Waals surface area contributed by atoms with Gasteiger partial charge < -0.3 is 5.43 Å². The Morgan fingerprint density at radius 2 is 2.35 bits per heavy atom. The monoisotopic (exact) mass is 254 g/mol. The van der Waals surface area contributed by atoms with Crippen LogP contribution in [0.5, 0.6) is 0 Å². The Hall–Kier alpha value is -0.760. The summed E-state index contributed by atoms with van der Waals surface area (Å²) in [5.74, 6) is 5.44. The molecule has 1 aromatic rings. The van der Waals surface area contributed by atoms with Crippen LogP contribution in [0.2, 0.25) is 0 Å². The highest BCUT2D eigenvalue weighted by atomic mass is 32.1. The van der Waals surface area contributed by atoms with Crippen molar-refractivity contribution in [3.63, 3.8) is 0 Å². The van der Waals surface area contributed by atoms with Crippen LogP contribution in [0.3, 0.4) is 0 Å². The maximum atomic E-state index is 5.44. The summed E-state index contributed by atoms with van der Waals surface area (Å²) in [5, 5.41) is 5.03. The van der Waals surface area contributed by atoms with Crippen molar-refractivity contribution < 1.29 is 0 Å². The van der Waals surface area contributed by atoms with E-state index in [-0.39, 0.29) is 0 Å². The fraction of sp³-hybridized carbons (Fsp3) is 0.800. The first-order valence-corrected chi connectivity index (χ1v) is 6.88. The van der Waals surface area contributed by atoms with E-state index in [0.29, 0.717) is 0 Å². The third-order valence-corrected chi connectivity index (χ3v) is 4.43. The summed E-state index contributed by atoms with van der Waals surface area (Å²) in [6.45, 7) is 5.61. The molecule has 0 radical (unpaired) electrons. The molecule has 3 rings (SSSR count). The number of hydrogen-bond donors (Lipinski definition) is 2. The molecule has 3 heterocycles. The van der Waals surface area contributed by atoms with Crippen molar-refractivity contribution in [1.82, 2.24) is 19.4 Å². The number of nitrogens with zero attached hydrogens (tertiary/aromatic N) is 4. The van der Waals surface area contributed by atoms with Gasteiger partial charge in [-0.15, -0.1) is 5.10 Å². The quantitative estimate of drug-likeness (QED) is 0.589. The standard InChI is InChI=1S/C10H18N6S/c11-12-10-9(13-14-17-10)7-15-4-5-16-3-1-2-8(16)6-15/h8,12H,1-7,11H2. The minimum absolute atomic E-state index is 0.754.